The van der Waals surface area contributed by atoms with Crippen LogP contribution in [-0.2, 0) is 0 Å². The highest BCUT2D eigenvalue weighted by atomic mass is 16.2. The first-order valence-corrected chi connectivity index (χ1v) is 9.70. The predicted octanol–water partition coefficient (Wildman–Crippen LogP) is 1.36. The number of hydrogen-bond donors (Lipinski definition) is 2. The standard InChI is InChI=1S/C18H32N6O/c1-13(2)12-23-10-6-15(7-11-23)20-18(25)17-14(3)24(22-21-17)16-4-8-19-9-5-16/h13,15-16,19H,4-12H2,1-3H3,(H,20,25). The molecule has 1 aromatic heterocycles. The molecule has 25 heavy (non-hydrogen) atoms. The molecular formula is C18H32N6O. The maximum absolute atomic E-state index is 12.6. The molecule has 0 aromatic carbocycles. The quantitative estimate of drug-likeness (QED) is 0.840. The van der Waals surface area contributed by atoms with Gasteiger partial charge in [-0.25, -0.2) is 4.68 Å². The largest absolute Gasteiger partial charge is 0.348 e. The van der Waals surface area contributed by atoms with Gasteiger partial charge >= 0.3 is 0 Å². The average Bonchev–Trinajstić information content (AvgIpc) is 2.98. The van der Waals surface area contributed by atoms with Gasteiger partial charge in [-0.3, -0.25) is 4.79 Å². The van der Waals surface area contributed by atoms with Gasteiger partial charge < -0.3 is 15.5 Å². The Bertz CT molecular complexity index is 570. The number of piperidine rings is 2. The topological polar surface area (TPSA) is 75.1 Å². The van der Waals surface area contributed by atoms with Crippen LogP contribution < -0.4 is 10.6 Å². The number of likely N-dealkylation sites (tertiary alicyclic amines) is 1. The van der Waals surface area contributed by atoms with Crippen LogP contribution in [0.4, 0.5) is 0 Å². The van der Waals surface area contributed by atoms with Gasteiger partial charge in [0, 0.05) is 25.7 Å². The third-order valence-electron chi connectivity index (χ3n) is 5.34. The van der Waals surface area contributed by atoms with Gasteiger partial charge in [0.25, 0.3) is 5.91 Å². The van der Waals surface area contributed by atoms with Crippen molar-refractivity contribution in [3.05, 3.63) is 11.4 Å². The van der Waals surface area contributed by atoms with Gasteiger partial charge in [-0.15, -0.1) is 5.10 Å². The number of aromatic nitrogens is 3. The van der Waals surface area contributed by atoms with E-state index in [9.17, 15) is 4.79 Å². The minimum atomic E-state index is -0.0694. The Labute approximate surface area is 150 Å². The molecule has 7 heteroatoms. The molecule has 2 saturated heterocycles. The molecule has 3 rings (SSSR count). The van der Waals surface area contributed by atoms with Crippen LogP contribution in [0.25, 0.3) is 0 Å². The zero-order valence-corrected chi connectivity index (χ0v) is 15.8. The molecule has 0 aliphatic carbocycles. The Morgan fingerprint density at radius 1 is 1.24 bits per heavy atom. The molecule has 7 nitrogen and oxygen atoms in total. The number of carbonyl (C=O) groups excluding carboxylic acids is 1. The molecule has 1 aromatic rings. The highest BCUT2D eigenvalue weighted by molar-refractivity contribution is 5.93. The molecule has 0 bridgehead atoms. The van der Waals surface area contributed by atoms with E-state index in [-0.39, 0.29) is 11.9 Å². The number of amides is 1. The maximum atomic E-state index is 12.6. The van der Waals surface area contributed by atoms with Gasteiger partial charge in [-0.1, -0.05) is 19.1 Å². The average molecular weight is 348 g/mol. The van der Waals surface area contributed by atoms with Crippen molar-refractivity contribution >= 4 is 5.91 Å². The van der Waals surface area contributed by atoms with Gasteiger partial charge in [-0.2, -0.15) is 0 Å². The number of hydrogen-bond acceptors (Lipinski definition) is 5. The number of nitrogens with one attached hydrogen (secondary N) is 2. The van der Waals surface area contributed by atoms with E-state index in [2.05, 4.69) is 39.7 Å². The zero-order valence-electron chi connectivity index (χ0n) is 15.8. The van der Waals surface area contributed by atoms with Crippen LogP contribution in [-0.4, -0.2) is 64.6 Å². The van der Waals surface area contributed by atoms with Crippen molar-refractivity contribution in [3.8, 4) is 0 Å². The van der Waals surface area contributed by atoms with Crippen LogP contribution in [0.5, 0.6) is 0 Å². The van der Waals surface area contributed by atoms with E-state index in [1.165, 1.54) is 0 Å². The first-order valence-electron chi connectivity index (χ1n) is 9.70. The van der Waals surface area contributed by atoms with Gasteiger partial charge in [0.15, 0.2) is 5.69 Å². The molecule has 0 atom stereocenters. The van der Waals surface area contributed by atoms with Gasteiger partial charge in [0.1, 0.15) is 0 Å². The summed E-state index contributed by atoms with van der Waals surface area (Å²) in [5.41, 5.74) is 1.38. The van der Waals surface area contributed by atoms with E-state index in [4.69, 9.17) is 0 Å². The summed E-state index contributed by atoms with van der Waals surface area (Å²) in [5.74, 6) is 0.624. The lowest BCUT2D eigenvalue weighted by atomic mass is 10.0. The molecule has 2 fully saturated rings. The summed E-state index contributed by atoms with van der Waals surface area (Å²) in [6.07, 6.45) is 4.11. The Morgan fingerprint density at radius 3 is 2.56 bits per heavy atom. The third-order valence-corrected chi connectivity index (χ3v) is 5.34. The minimum absolute atomic E-state index is 0.0694. The SMILES string of the molecule is Cc1c(C(=O)NC2CCN(CC(C)C)CC2)nnn1C1CCNCC1. The van der Waals surface area contributed by atoms with Gasteiger partial charge in [0.2, 0.25) is 0 Å². The van der Waals surface area contributed by atoms with E-state index in [1.807, 2.05) is 11.6 Å². The molecule has 0 saturated carbocycles. The summed E-state index contributed by atoms with van der Waals surface area (Å²) < 4.78 is 1.95. The lowest BCUT2D eigenvalue weighted by molar-refractivity contribution is 0.0901. The fourth-order valence-corrected chi connectivity index (χ4v) is 3.98. The normalized spacial score (nSPS) is 21.0. The van der Waals surface area contributed by atoms with Crippen LogP contribution in [0.3, 0.4) is 0 Å². The Morgan fingerprint density at radius 2 is 1.92 bits per heavy atom. The second-order valence-electron chi connectivity index (χ2n) is 7.89. The number of carbonyl (C=O) groups is 1. The Hall–Kier alpha value is -1.47. The van der Waals surface area contributed by atoms with Gasteiger partial charge in [0.05, 0.1) is 11.7 Å². The van der Waals surface area contributed by atoms with Crippen LogP contribution in [0.15, 0.2) is 0 Å². The summed E-state index contributed by atoms with van der Waals surface area (Å²) in [6, 6.07) is 0.605. The fraction of sp³-hybridized carbons (Fsp3) is 0.833. The predicted molar refractivity (Wildman–Crippen MR) is 97.7 cm³/mol. The lowest BCUT2D eigenvalue weighted by Gasteiger charge is -2.33. The van der Waals surface area contributed by atoms with E-state index >= 15 is 0 Å². The zero-order chi connectivity index (χ0) is 17.8. The molecular weight excluding hydrogens is 316 g/mol. The molecule has 1 amide bonds. The second-order valence-corrected chi connectivity index (χ2v) is 7.89. The van der Waals surface area contributed by atoms with Crippen molar-refractivity contribution in [2.24, 2.45) is 5.92 Å². The number of rotatable bonds is 5. The van der Waals surface area contributed by atoms with Crippen molar-refractivity contribution in [2.75, 3.05) is 32.7 Å². The minimum Gasteiger partial charge on any atom is -0.348 e. The van der Waals surface area contributed by atoms with Crippen molar-refractivity contribution in [1.29, 1.82) is 0 Å². The second kappa shape index (κ2) is 8.27. The third kappa shape index (κ3) is 4.58. The van der Waals surface area contributed by atoms with Crippen LogP contribution >= 0.6 is 0 Å². The fourth-order valence-electron chi connectivity index (χ4n) is 3.98. The summed E-state index contributed by atoms with van der Waals surface area (Å²) in [7, 11) is 0. The van der Waals surface area contributed by atoms with Crippen molar-refractivity contribution in [1.82, 2.24) is 30.5 Å². The molecule has 3 heterocycles. The summed E-state index contributed by atoms with van der Waals surface area (Å²) in [5, 5.41) is 15.0. The monoisotopic (exact) mass is 348 g/mol. The highest BCUT2D eigenvalue weighted by Crippen LogP contribution is 2.20. The molecule has 0 radical (unpaired) electrons. The van der Waals surface area contributed by atoms with E-state index in [0.29, 0.717) is 17.7 Å². The lowest BCUT2D eigenvalue weighted by Crippen LogP contribution is -2.45. The maximum Gasteiger partial charge on any atom is 0.273 e. The molecule has 0 spiro atoms. The van der Waals surface area contributed by atoms with E-state index in [0.717, 1.165) is 64.1 Å². The van der Waals surface area contributed by atoms with Crippen LogP contribution in [0, 0.1) is 12.8 Å². The van der Waals surface area contributed by atoms with Crippen molar-refractivity contribution in [2.45, 2.75) is 58.5 Å². The molecule has 2 aliphatic rings. The summed E-state index contributed by atoms with van der Waals surface area (Å²) >= 11 is 0. The molecule has 0 unspecified atom stereocenters. The van der Waals surface area contributed by atoms with Crippen LogP contribution in [0.1, 0.15) is 61.8 Å². The number of nitrogens with zero attached hydrogens (tertiary/aromatic N) is 4. The first-order chi connectivity index (χ1) is 12.0. The highest BCUT2D eigenvalue weighted by Gasteiger charge is 2.26. The molecule has 2 N–H and O–H groups in total. The summed E-state index contributed by atoms with van der Waals surface area (Å²) in [4.78, 5) is 15.1. The Balaban J connectivity index is 1.54. The molecule has 2 aliphatic heterocycles. The van der Waals surface area contributed by atoms with Crippen molar-refractivity contribution < 1.29 is 4.79 Å². The van der Waals surface area contributed by atoms with Crippen LogP contribution in [0.2, 0.25) is 0 Å². The molecule has 140 valence electrons. The van der Waals surface area contributed by atoms with Gasteiger partial charge in [-0.05, 0) is 51.6 Å². The Kier molecular flexibility index (Phi) is 6.06. The van der Waals surface area contributed by atoms with Crippen molar-refractivity contribution in [3.63, 3.8) is 0 Å². The van der Waals surface area contributed by atoms with E-state index < -0.39 is 0 Å². The smallest absolute Gasteiger partial charge is 0.273 e. The summed E-state index contributed by atoms with van der Waals surface area (Å²) in [6.45, 7) is 11.7. The van der Waals surface area contributed by atoms with E-state index in [1.54, 1.807) is 0 Å². The first kappa shape index (κ1) is 18.3.